The van der Waals surface area contributed by atoms with Crippen molar-refractivity contribution in [1.29, 1.82) is 0 Å². The summed E-state index contributed by atoms with van der Waals surface area (Å²) in [5.74, 6) is 0.226. The van der Waals surface area contributed by atoms with Gasteiger partial charge in [0.05, 0.1) is 0 Å². The smallest absolute Gasteiger partial charge is 0.261 e. The molecule has 0 aliphatic carbocycles. The maximum absolute atomic E-state index is 13.5. The number of rotatable bonds is 10. The molecule has 0 aliphatic heterocycles. The third-order valence-corrected chi connectivity index (χ3v) is 5.97. The average Bonchev–Trinajstić information content (AvgIpc) is 2.81. The van der Waals surface area contributed by atoms with Gasteiger partial charge in [-0.15, -0.1) is 0 Å². The van der Waals surface area contributed by atoms with E-state index in [1.165, 1.54) is 0 Å². The molecule has 0 heterocycles. The minimum atomic E-state index is -0.665. The van der Waals surface area contributed by atoms with Gasteiger partial charge < -0.3 is 15.0 Å². The van der Waals surface area contributed by atoms with Gasteiger partial charge in [0.2, 0.25) is 5.91 Å². The summed E-state index contributed by atoms with van der Waals surface area (Å²) in [6.07, 6.45) is 0.415. The zero-order valence-corrected chi connectivity index (χ0v) is 21.5. The molecule has 0 saturated carbocycles. The van der Waals surface area contributed by atoms with E-state index in [0.717, 1.165) is 26.7 Å². The van der Waals surface area contributed by atoms with Gasteiger partial charge in [-0.1, -0.05) is 64.5 Å². The lowest BCUT2D eigenvalue weighted by Crippen LogP contribution is -2.51. The van der Waals surface area contributed by atoms with E-state index < -0.39 is 6.04 Å². The van der Waals surface area contributed by atoms with Gasteiger partial charge in [0.25, 0.3) is 5.91 Å². The summed E-state index contributed by atoms with van der Waals surface area (Å²) < 4.78 is 6.83. The van der Waals surface area contributed by atoms with Gasteiger partial charge in [0.1, 0.15) is 11.8 Å². The molecule has 0 aromatic heterocycles. The van der Waals surface area contributed by atoms with Crippen molar-refractivity contribution in [3.63, 3.8) is 0 Å². The monoisotopic (exact) mass is 522 g/mol. The van der Waals surface area contributed by atoms with Gasteiger partial charge >= 0.3 is 0 Å². The van der Waals surface area contributed by atoms with Gasteiger partial charge in [0, 0.05) is 24.0 Å². The summed E-state index contributed by atoms with van der Waals surface area (Å²) in [5, 5.41) is 2.90. The van der Waals surface area contributed by atoms with Crippen molar-refractivity contribution in [2.75, 3.05) is 13.2 Å². The Labute approximate surface area is 210 Å². The van der Waals surface area contributed by atoms with Crippen LogP contribution < -0.4 is 10.1 Å². The highest BCUT2D eigenvalue weighted by Gasteiger charge is 2.30. The van der Waals surface area contributed by atoms with Crippen molar-refractivity contribution in [1.82, 2.24) is 10.2 Å². The molecule has 0 bridgehead atoms. The van der Waals surface area contributed by atoms with Crippen LogP contribution in [0, 0.1) is 13.8 Å². The second kappa shape index (κ2) is 12.4. The number of carbonyl (C=O) groups is 2. The molecule has 3 aromatic rings. The first kappa shape index (κ1) is 25.5. The fourth-order valence-corrected chi connectivity index (χ4v) is 4.14. The molecule has 0 fully saturated rings. The van der Waals surface area contributed by atoms with Crippen LogP contribution in [0.1, 0.15) is 29.2 Å². The number of hydrogen-bond acceptors (Lipinski definition) is 3. The Hall–Kier alpha value is -3.12. The minimum Gasteiger partial charge on any atom is -0.484 e. The number of nitrogens with one attached hydrogen (secondary N) is 1. The Morgan fingerprint density at radius 2 is 1.59 bits per heavy atom. The number of hydrogen-bond donors (Lipinski definition) is 1. The van der Waals surface area contributed by atoms with E-state index in [-0.39, 0.29) is 18.4 Å². The zero-order valence-electron chi connectivity index (χ0n) is 19.9. The molecule has 1 atom stereocenters. The van der Waals surface area contributed by atoms with Gasteiger partial charge in [-0.05, 0) is 67.3 Å². The number of likely N-dealkylation sites (N-methyl/N-ethyl adjacent to an activating group) is 1. The van der Waals surface area contributed by atoms with Crippen LogP contribution in [-0.4, -0.2) is 35.9 Å². The largest absolute Gasteiger partial charge is 0.484 e. The van der Waals surface area contributed by atoms with Crippen LogP contribution in [0.4, 0.5) is 0 Å². The Morgan fingerprint density at radius 1 is 0.941 bits per heavy atom. The lowest BCUT2D eigenvalue weighted by molar-refractivity contribution is -0.142. The summed E-state index contributed by atoms with van der Waals surface area (Å²) >= 11 is 3.46. The van der Waals surface area contributed by atoms with E-state index in [9.17, 15) is 9.59 Å². The number of ether oxygens (including phenoxy) is 1. The summed E-state index contributed by atoms with van der Waals surface area (Å²) in [6, 6.07) is 22.7. The fourth-order valence-electron chi connectivity index (χ4n) is 3.88. The lowest BCUT2D eigenvalue weighted by atomic mass is 10.0. The predicted octanol–water partition coefficient (Wildman–Crippen LogP) is 5.22. The first-order valence-electron chi connectivity index (χ1n) is 11.4. The van der Waals surface area contributed by atoms with Gasteiger partial charge in [-0.3, -0.25) is 9.59 Å². The van der Waals surface area contributed by atoms with E-state index in [1.54, 1.807) is 4.90 Å². The SMILES string of the molecule is CCNC(=O)[C@@H](Cc1ccccc1)N(Cc1ccc(Br)cc1)C(=O)COc1cc(C)cc(C)c1. The van der Waals surface area contributed by atoms with Gasteiger partial charge in [0.15, 0.2) is 6.61 Å². The zero-order chi connectivity index (χ0) is 24.5. The predicted molar refractivity (Wildman–Crippen MR) is 139 cm³/mol. The number of carbonyl (C=O) groups excluding carboxylic acids is 2. The van der Waals surface area contributed by atoms with Gasteiger partial charge in [-0.2, -0.15) is 0 Å². The molecule has 0 radical (unpaired) electrons. The van der Waals surface area contributed by atoms with E-state index >= 15 is 0 Å². The van der Waals surface area contributed by atoms with E-state index in [2.05, 4.69) is 27.3 Å². The molecule has 0 saturated heterocycles. The highest BCUT2D eigenvalue weighted by Crippen LogP contribution is 2.19. The maximum atomic E-state index is 13.5. The second-order valence-corrected chi connectivity index (χ2v) is 9.28. The number of benzene rings is 3. The van der Waals surface area contributed by atoms with Crippen LogP contribution in [0.25, 0.3) is 0 Å². The molecule has 3 aromatic carbocycles. The van der Waals surface area contributed by atoms with Crippen molar-refractivity contribution >= 4 is 27.7 Å². The molecular formula is C28H31BrN2O3. The Morgan fingerprint density at radius 3 is 2.21 bits per heavy atom. The number of halogens is 1. The summed E-state index contributed by atoms with van der Waals surface area (Å²) in [4.78, 5) is 28.3. The molecule has 6 heteroatoms. The summed E-state index contributed by atoms with van der Waals surface area (Å²) in [5.41, 5.74) is 4.06. The Kier molecular flexibility index (Phi) is 9.28. The quantitative estimate of drug-likeness (QED) is 0.397. The van der Waals surface area contributed by atoms with Crippen molar-refractivity contribution < 1.29 is 14.3 Å². The number of amides is 2. The van der Waals surface area contributed by atoms with Crippen molar-refractivity contribution in [2.24, 2.45) is 0 Å². The first-order valence-corrected chi connectivity index (χ1v) is 12.2. The van der Waals surface area contributed by atoms with E-state index in [1.807, 2.05) is 87.5 Å². The van der Waals surface area contributed by atoms with Gasteiger partial charge in [-0.25, -0.2) is 0 Å². The van der Waals surface area contributed by atoms with E-state index in [0.29, 0.717) is 25.3 Å². The molecule has 2 amide bonds. The molecule has 5 nitrogen and oxygen atoms in total. The van der Waals surface area contributed by atoms with Crippen molar-refractivity contribution in [2.45, 2.75) is 39.8 Å². The fraction of sp³-hybridized carbons (Fsp3) is 0.286. The lowest BCUT2D eigenvalue weighted by Gasteiger charge is -2.31. The summed E-state index contributed by atoms with van der Waals surface area (Å²) in [6.45, 7) is 6.51. The molecule has 0 aliphatic rings. The van der Waals surface area contributed by atoms with Crippen molar-refractivity contribution in [3.05, 3.63) is 99.5 Å². The third kappa shape index (κ3) is 7.45. The molecule has 178 valence electrons. The summed E-state index contributed by atoms with van der Waals surface area (Å²) in [7, 11) is 0. The Balaban J connectivity index is 1.89. The standard InChI is InChI=1S/C28H31BrN2O3/c1-4-30-28(33)26(17-22-8-6-5-7-9-22)31(18-23-10-12-24(29)13-11-23)27(32)19-34-25-15-20(2)14-21(3)16-25/h5-16,26H,4,17-19H2,1-3H3,(H,30,33)/t26-/m1/s1. The Bertz CT molecular complexity index is 1080. The van der Waals surface area contributed by atoms with Crippen LogP contribution in [0.15, 0.2) is 77.3 Å². The van der Waals surface area contributed by atoms with Crippen LogP contribution in [0.5, 0.6) is 5.75 Å². The normalized spacial score (nSPS) is 11.5. The first-order chi connectivity index (χ1) is 16.4. The minimum absolute atomic E-state index is 0.149. The number of aryl methyl sites for hydroxylation is 2. The second-order valence-electron chi connectivity index (χ2n) is 8.36. The van der Waals surface area contributed by atoms with Crippen LogP contribution >= 0.6 is 15.9 Å². The highest BCUT2D eigenvalue weighted by molar-refractivity contribution is 9.10. The number of nitrogens with zero attached hydrogens (tertiary/aromatic N) is 1. The van der Waals surface area contributed by atoms with Crippen LogP contribution in [-0.2, 0) is 22.6 Å². The average molecular weight is 523 g/mol. The molecule has 0 unspecified atom stereocenters. The third-order valence-electron chi connectivity index (χ3n) is 5.45. The van der Waals surface area contributed by atoms with Crippen LogP contribution in [0.2, 0.25) is 0 Å². The molecule has 0 spiro atoms. The molecule has 1 N–H and O–H groups in total. The molecule has 34 heavy (non-hydrogen) atoms. The highest BCUT2D eigenvalue weighted by atomic mass is 79.9. The van der Waals surface area contributed by atoms with E-state index in [4.69, 9.17) is 4.74 Å². The molecular weight excluding hydrogens is 492 g/mol. The van der Waals surface area contributed by atoms with Crippen LogP contribution in [0.3, 0.4) is 0 Å². The molecule has 3 rings (SSSR count). The van der Waals surface area contributed by atoms with Crippen molar-refractivity contribution in [3.8, 4) is 5.75 Å². The maximum Gasteiger partial charge on any atom is 0.261 e. The topological polar surface area (TPSA) is 58.6 Å².